The Morgan fingerprint density at radius 3 is 2.05 bits per heavy atom. The third-order valence-electron chi connectivity index (χ3n) is 6.87. The van der Waals surface area contributed by atoms with Gasteiger partial charge in [-0.15, -0.1) is 11.3 Å². The van der Waals surface area contributed by atoms with Crippen molar-refractivity contribution in [1.82, 2.24) is 9.34 Å². The summed E-state index contributed by atoms with van der Waals surface area (Å²) in [6.07, 6.45) is 4.06. The number of thiophene rings is 1. The molecule has 1 aromatic carbocycles. The number of benzene rings is 1. The van der Waals surface area contributed by atoms with Crippen LogP contribution < -0.4 is 0 Å². The van der Waals surface area contributed by atoms with Gasteiger partial charge in [0.15, 0.2) is 0 Å². The van der Waals surface area contributed by atoms with Gasteiger partial charge >= 0.3 is 17.9 Å². The van der Waals surface area contributed by atoms with Gasteiger partial charge in [0, 0.05) is 17.8 Å². The normalized spacial score (nSPS) is 22.2. The van der Waals surface area contributed by atoms with E-state index in [0.29, 0.717) is 64.8 Å². The zero-order chi connectivity index (χ0) is 26.6. The Hall–Kier alpha value is -2.26. The largest absolute Gasteiger partial charge is 0.477 e. The summed E-state index contributed by atoms with van der Waals surface area (Å²) in [5, 5.41) is 10.1. The van der Waals surface area contributed by atoms with Crippen molar-refractivity contribution >= 4 is 46.8 Å². The van der Waals surface area contributed by atoms with Crippen LogP contribution in [0.2, 0.25) is 0 Å². The van der Waals surface area contributed by atoms with Gasteiger partial charge in [-0.2, -0.15) is 0 Å². The van der Waals surface area contributed by atoms with Crippen molar-refractivity contribution in [1.29, 1.82) is 0 Å². The number of aromatic carboxylic acids is 1. The lowest BCUT2D eigenvalue weighted by atomic mass is 10.2. The summed E-state index contributed by atoms with van der Waals surface area (Å²) in [5.41, 5.74) is 0.769. The Balaban J connectivity index is 1.70. The topological polar surface area (TPSA) is 113 Å². The van der Waals surface area contributed by atoms with Crippen LogP contribution >= 0.6 is 18.8 Å². The zero-order valence-electron chi connectivity index (χ0n) is 21.4. The lowest BCUT2D eigenvalue weighted by molar-refractivity contribution is -0.147. The molecule has 2 saturated heterocycles. The number of carboxylic acid groups (broad SMARTS) is 1. The molecular weight excluding hydrogens is 515 g/mol. The first-order valence-corrected chi connectivity index (χ1v) is 15.6. The summed E-state index contributed by atoms with van der Waals surface area (Å²) in [6.45, 7) is 5.42. The maximum atomic E-state index is 15.2. The standard InChI is InChI=1S/C26H35N2O7PS/c1-3-13-34-25(31)20-7-5-11-27(20)36(33,28-12-6-8-21(28)26(32)35-14-4-2)17-18-9-10-22-19(15-18)16-23(37-22)24(29)30/h9-10,15-16,20-21H,3-8,11-14,17H2,1-2H3,(H,29,30). The minimum Gasteiger partial charge on any atom is -0.477 e. The summed E-state index contributed by atoms with van der Waals surface area (Å²) in [6, 6.07) is 5.94. The molecule has 37 heavy (non-hydrogen) atoms. The average molecular weight is 551 g/mol. The van der Waals surface area contributed by atoms with Gasteiger partial charge in [-0.25, -0.2) is 14.1 Å². The highest BCUT2D eigenvalue weighted by Crippen LogP contribution is 2.61. The number of hydrogen-bond donors (Lipinski definition) is 1. The average Bonchev–Trinajstić information content (AvgIpc) is 3.64. The molecule has 1 N–H and O–H groups in total. The second-order valence-corrected chi connectivity index (χ2v) is 13.3. The van der Waals surface area contributed by atoms with E-state index in [1.807, 2.05) is 32.0 Å². The molecule has 0 spiro atoms. The molecule has 2 aliphatic rings. The summed E-state index contributed by atoms with van der Waals surface area (Å²) in [4.78, 5) is 37.6. The smallest absolute Gasteiger partial charge is 0.345 e. The minimum absolute atomic E-state index is 0.135. The molecular formula is C26H35N2O7PS. The molecule has 0 radical (unpaired) electrons. The van der Waals surface area contributed by atoms with E-state index >= 15 is 4.57 Å². The molecule has 2 atom stereocenters. The van der Waals surface area contributed by atoms with Crippen LogP contribution in [-0.2, 0) is 29.8 Å². The fourth-order valence-corrected chi connectivity index (χ4v) is 9.60. The van der Waals surface area contributed by atoms with Crippen LogP contribution in [0.5, 0.6) is 0 Å². The number of hydrogen-bond acceptors (Lipinski definition) is 7. The van der Waals surface area contributed by atoms with Crippen LogP contribution in [0, 0.1) is 0 Å². The lowest BCUT2D eigenvalue weighted by Gasteiger charge is -2.40. The summed E-state index contributed by atoms with van der Waals surface area (Å²) < 4.78 is 30.5. The summed E-state index contributed by atoms with van der Waals surface area (Å²) >= 11 is 1.19. The van der Waals surface area contributed by atoms with E-state index in [1.165, 1.54) is 11.3 Å². The molecule has 2 aromatic rings. The molecule has 2 aliphatic heterocycles. The monoisotopic (exact) mass is 550 g/mol. The van der Waals surface area contributed by atoms with Crippen molar-refractivity contribution < 1.29 is 33.5 Å². The molecule has 0 amide bonds. The zero-order valence-corrected chi connectivity index (χ0v) is 23.1. The van der Waals surface area contributed by atoms with Crippen molar-refractivity contribution in [2.24, 2.45) is 0 Å². The highest BCUT2D eigenvalue weighted by Gasteiger charge is 2.51. The molecule has 0 saturated carbocycles. The molecule has 202 valence electrons. The summed E-state index contributed by atoms with van der Waals surface area (Å²) in [5.74, 6) is -1.73. The predicted molar refractivity (Wildman–Crippen MR) is 142 cm³/mol. The van der Waals surface area contributed by atoms with Gasteiger partial charge < -0.3 is 14.6 Å². The lowest BCUT2D eigenvalue weighted by Crippen LogP contribution is -2.44. The third-order valence-corrected chi connectivity index (χ3v) is 11.3. The van der Waals surface area contributed by atoms with Gasteiger partial charge in [0.2, 0.25) is 7.44 Å². The highest BCUT2D eigenvalue weighted by atomic mass is 32.1. The molecule has 9 nitrogen and oxygen atoms in total. The fraction of sp³-hybridized carbons (Fsp3) is 0.577. The number of ether oxygens (including phenoxy) is 2. The fourth-order valence-electron chi connectivity index (χ4n) is 5.19. The van der Waals surface area contributed by atoms with Gasteiger partial charge in [0.05, 0.1) is 19.4 Å². The Kier molecular flexibility index (Phi) is 9.06. The Labute approximate surface area is 221 Å². The first-order chi connectivity index (χ1) is 17.8. The van der Waals surface area contributed by atoms with Crippen molar-refractivity contribution in [3.8, 4) is 0 Å². The molecule has 2 fully saturated rings. The number of nitrogens with zero attached hydrogens (tertiary/aromatic N) is 2. The number of carbonyl (C=O) groups is 3. The molecule has 0 aliphatic carbocycles. The van der Waals surface area contributed by atoms with Crippen LogP contribution in [-0.4, -0.2) is 70.7 Å². The number of rotatable bonds is 11. The maximum absolute atomic E-state index is 15.2. The van der Waals surface area contributed by atoms with Crippen molar-refractivity contribution in [3.05, 3.63) is 34.7 Å². The second kappa shape index (κ2) is 12.1. The van der Waals surface area contributed by atoms with Crippen molar-refractivity contribution in [2.75, 3.05) is 26.3 Å². The number of carboxylic acids is 1. The van der Waals surface area contributed by atoms with Crippen LogP contribution in [0.3, 0.4) is 0 Å². The molecule has 2 unspecified atom stereocenters. The van der Waals surface area contributed by atoms with E-state index in [-0.39, 0.29) is 23.0 Å². The Morgan fingerprint density at radius 2 is 1.54 bits per heavy atom. The van der Waals surface area contributed by atoms with E-state index in [2.05, 4.69) is 0 Å². The Morgan fingerprint density at radius 1 is 0.973 bits per heavy atom. The van der Waals surface area contributed by atoms with E-state index in [9.17, 15) is 19.5 Å². The highest BCUT2D eigenvalue weighted by molar-refractivity contribution is 7.58. The Bertz CT molecular complexity index is 1160. The first-order valence-electron chi connectivity index (χ1n) is 13.0. The third kappa shape index (κ3) is 5.93. The van der Waals surface area contributed by atoms with Gasteiger partial charge in [-0.3, -0.25) is 14.2 Å². The molecule has 1 aromatic heterocycles. The van der Waals surface area contributed by atoms with Gasteiger partial charge in [-0.1, -0.05) is 19.9 Å². The minimum atomic E-state index is -3.46. The van der Waals surface area contributed by atoms with E-state index < -0.39 is 25.5 Å². The van der Waals surface area contributed by atoms with Gasteiger partial charge in [-0.05, 0) is 67.7 Å². The van der Waals surface area contributed by atoms with Crippen LogP contribution in [0.4, 0.5) is 0 Å². The van der Waals surface area contributed by atoms with E-state index in [4.69, 9.17) is 9.47 Å². The number of carbonyl (C=O) groups excluding carboxylic acids is 2. The molecule has 4 rings (SSSR count). The van der Waals surface area contributed by atoms with Crippen LogP contribution in [0.25, 0.3) is 10.1 Å². The van der Waals surface area contributed by atoms with Gasteiger partial charge in [0.25, 0.3) is 0 Å². The molecule has 0 bridgehead atoms. The maximum Gasteiger partial charge on any atom is 0.345 e. The van der Waals surface area contributed by atoms with Crippen molar-refractivity contribution in [3.63, 3.8) is 0 Å². The van der Waals surface area contributed by atoms with E-state index in [0.717, 1.165) is 15.6 Å². The SMILES string of the molecule is CCCOC(=O)C1CCCN1P(=O)(Cc1ccc2sc(C(=O)O)cc2c1)N1CCCC1C(=O)OCCC. The van der Waals surface area contributed by atoms with Gasteiger partial charge in [0.1, 0.15) is 17.0 Å². The predicted octanol–water partition coefficient (Wildman–Crippen LogP) is 5.13. The van der Waals surface area contributed by atoms with Crippen LogP contribution in [0.15, 0.2) is 24.3 Å². The van der Waals surface area contributed by atoms with E-state index in [1.54, 1.807) is 15.4 Å². The number of esters is 2. The van der Waals surface area contributed by atoms with Crippen LogP contribution in [0.1, 0.15) is 67.6 Å². The quantitative estimate of drug-likeness (QED) is 0.301. The molecule has 11 heteroatoms. The first kappa shape index (κ1) is 27.8. The van der Waals surface area contributed by atoms with Crippen molar-refractivity contribution in [2.45, 2.75) is 70.6 Å². The number of fused-ring (bicyclic) bond motifs is 1. The second-order valence-electron chi connectivity index (χ2n) is 9.59. The molecule has 3 heterocycles. The summed E-state index contributed by atoms with van der Waals surface area (Å²) in [7, 11) is -3.46.